The van der Waals surface area contributed by atoms with Crippen molar-refractivity contribution < 1.29 is 4.79 Å². The van der Waals surface area contributed by atoms with Crippen LogP contribution in [0.3, 0.4) is 0 Å². The maximum Gasteiger partial charge on any atom is 0.271 e. The minimum Gasteiger partial charge on any atom is -0.347 e. The lowest BCUT2D eigenvalue weighted by Gasteiger charge is -2.06. The normalized spacial score (nSPS) is 11.0. The maximum atomic E-state index is 12.4. The number of carbonyl (C=O) groups excluding carboxylic acids is 1. The van der Waals surface area contributed by atoms with Crippen LogP contribution in [0.1, 0.15) is 27.4 Å². The Labute approximate surface area is 174 Å². The molecule has 1 amide bonds. The fraction of sp³-hybridized carbons (Fsp3) is 0.158. The summed E-state index contributed by atoms with van der Waals surface area (Å²) in [4.78, 5) is 22.2. The predicted octanol–water partition coefficient (Wildman–Crippen LogP) is 4.65. The number of nitrogens with one attached hydrogen (secondary N) is 1. The highest BCUT2D eigenvalue weighted by Crippen LogP contribution is 2.32. The molecule has 0 unspecified atom stereocenters. The van der Waals surface area contributed by atoms with Gasteiger partial charge in [0, 0.05) is 23.8 Å². The number of thiophene rings is 1. The summed E-state index contributed by atoms with van der Waals surface area (Å²) < 4.78 is 2.50. The van der Waals surface area contributed by atoms with E-state index in [1.54, 1.807) is 16.3 Å². The van der Waals surface area contributed by atoms with Crippen molar-refractivity contribution in [2.75, 3.05) is 0 Å². The number of nitrogens with zero attached hydrogens (tertiary/aromatic N) is 4. The Morgan fingerprint density at radius 1 is 1.25 bits per heavy atom. The molecule has 0 saturated carbocycles. The van der Waals surface area contributed by atoms with Gasteiger partial charge >= 0.3 is 0 Å². The van der Waals surface area contributed by atoms with Crippen molar-refractivity contribution in [3.8, 4) is 15.7 Å². The van der Waals surface area contributed by atoms with Crippen molar-refractivity contribution in [2.45, 2.75) is 20.4 Å². The van der Waals surface area contributed by atoms with E-state index in [4.69, 9.17) is 11.6 Å². The molecule has 0 saturated heterocycles. The zero-order valence-corrected chi connectivity index (χ0v) is 17.5. The van der Waals surface area contributed by atoms with Gasteiger partial charge in [-0.3, -0.25) is 4.79 Å². The summed E-state index contributed by atoms with van der Waals surface area (Å²) in [6.07, 6.45) is 1.74. The number of pyridine rings is 1. The summed E-state index contributed by atoms with van der Waals surface area (Å²) in [6, 6.07) is 9.55. The van der Waals surface area contributed by atoms with Crippen molar-refractivity contribution in [1.29, 1.82) is 0 Å². The van der Waals surface area contributed by atoms with Crippen LogP contribution in [-0.4, -0.2) is 25.7 Å². The van der Waals surface area contributed by atoms with Crippen LogP contribution in [0.2, 0.25) is 4.34 Å². The molecule has 9 heteroatoms. The van der Waals surface area contributed by atoms with Crippen LogP contribution in [0, 0.1) is 13.8 Å². The van der Waals surface area contributed by atoms with E-state index >= 15 is 0 Å². The molecule has 0 atom stereocenters. The molecule has 6 nitrogen and oxygen atoms in total. The van der Waals surface area contributed by atoms with E-state index in [1.807, 2.05) is 44.2 Å². The summed E-state index contributed by atoms with van der Waals surface area (Å²) >= 11 is 8.83. The van der Waals surface area contributed by atoms with Gasteiger partial charge in [0.2, 0.25) is 0 Å². The standard InChI is InChI=1S/C19H16ClN5OS2/c1-11-7-12(2)25(24-11)17-6-3-13(8-21-17)9-22-18(26)14-10-27-19(23-14)15-4-5-16(20)28-15/h3-8,10H,9H2,1-2H3,(H,22,26). The van der Waals surface area contributed by atoms with Gasteiger partial charge in [-0.1, -0.05) is 17.7 Å². The van der Waals surface area contributed by atoms with Gasteiger partial charge in [0.25, 0.3) is 5.91 Å². The quantitative estimate of drug-likeness (QED) is 0.501. The zero-order valence-electron chi connectivity index (χ0n) is 15.1. The third-order valence-corrected chi connectivity index (χ3v) is 6.25. The summed E-state index contributed by atoms with van der Waals surface area (Å²) in [5.41, 5.74) is 3.27. The molecule has 4 aromatic rings. The molecule has 4 aromatic heterocycles. The molecule has 142 valence electrons. The molecule has 0 aromatic carbocycles. The third kappa shape index (κ3) is 3.99. The summed E-state index contributed by atoms with van der Waals surface area (Å²) in [7, 11) is 0. The second-order valence-corrected chi connectivity index (χ2v) is 8.76. The van der Waals surface area contributed by atoms with Gasteiger partial charge in [0.1, 0.15) is 10.7 Å². The highest BCUT2D eigenvalue weighted by atomic mass is 35.5. The van der Waals surface area contributed by atoms with Crippen LogP contribution in [-0.2, 0) is 6.54 Å². The molecule has 4 rings (SSSR count). The average Bonchev–Trinajstić information content (AvgIpc) is 3.40. The Kier molecular flexibility index (Phi) is 5.25. The Morgan fingerprint density at radius 3 is 2.75 bits per heavy atom. The minimum atomic E-state index is -0.215. The lowest BCUT2D eigenvalue weighted by atomic mass is 10.2. The number of aryl methyl sites for hydroxylation is 2. The molecule has 0 fully saturated rings. The first-order valence-corrected chi connectivity index (χ1v) is 10.5. The molecular formula is C19H16ClN5OS2. The second kappa shape index (κ2) is 7.83. The van der Waals surface area contributed by atoms with Gasteiger partial charge in [0.05, 0.1) is 14.9 Å². The van der Waals surface area contributed by atoms with E-state index in [9.17, 15) is 4.79 Å². The average molecular weight is 430 g/mol. The van der Waals surface area contributed by atoms with Crippen molar-refractivity contribution in [3.05, 3.63) is 68.9 Å². The van der Waals surface area contributed by atoms with Gasteiger partial charge in [0.15, 0.2) is 5.82 Å². The highest BCUT2D eigenvalue weighted by molar-refractivity contribution is 7.23. The summed E-state index contributed by atoms with van der Waals surface area (Å²) in [5.74, 6) is 0.534. The number of hydrogen-bond donors (Lipinski definition) is 1. The van der Waals surface area contributed by atoms with Gasteiger partial charge in [-0.15, -0.1) is 22.7 Å². The molecule has 28 heavy (non-hydrogen) atoms. The minimum absolute atomic E-state index is 0.215. The largest absolute Gasteiger partial charge is 0.347 e. The van der Waals surface area contributed by atoms with E-state index in [0.717, 1.165) is 32.7 Å². The monoisotopic (exact) mass is 429 g/mol. The van der Waals surface area contributed by atoms with Crippen LogP contribution in [0.5, 0.6) is 0 Å². The van der Waals surface area contributed by atoms with Crippen LogP contribution in [0.25, 0.3) is 15.7 Å². The number of hydrogen-bond acceptors (Lipinski definition) is 6. The SMILES string of the molecule is Cc1cc(C)n(-c2ccc(CNC(=O)c3csc(-c4ccc(Cl)s4)n3)cn2)n1. The van der Waals surface area contributed by atoms with E-state index in [-0.39, 0.29) is 5.91 Å². The molecule has 0 aliphatic rings. The van der Waals surface area contributed by atoms with Crippen LogP contribution < -0.4 is 5.32 Å². The maximum absolute atomic E-state index is 12.4. The number of rotatable bonds is 5. The lowest BCUT2D eigenvalue weighted by molar-refractivity contribution is 0.0946. The topological polar surface area (TPSA) is 72.7 Å². The van der Waals surface area contributed by atoms with Crippen molar-refractivity contribution in [3.63, 3.8) is 0 Å². The molecule has 1 N–H and O–H groups in total. The molecule has 0 spiro atoms. The zero-order chi connectivity index (χ0) is 19.7. The number of halogens is 1. The van der Waals surface area contributed by atoms with E-state index in [2.05, 4.69) is 20.4 Å². The van der Waals surface area contributed by atoms with Crippen molar-refractivity contribution >= 4 is 40.2 Å². The number of thiazole rings is 1. The Balaban J connectivity index is 1.40. The van der Waals surface area contributed by atoms with E-state index in [0.29, 0.717) is 16.6 Å². The fourth-order valence-electron chi connectivity index (χ4n) is 2.70. The molecule has 0 aliphatic carbocycles. The molecular weight excluding hydrogens is 414 g/mol. The fourth-order valence-corrected chi connectivity index (χ4v) is 4.62. The highest BCUT2D eigenvalue weighted by Gasteiger charge is 2.13. The predicted molar refractivity (Wildman–Crippen MR) is 112 cm³/mol. The van der Waals surface area contributed by atoms with Gasteiger partial charge < -0.3 is 5.32 Å². The third-order valence-electron chi connectivity index (χ3n) is 4.01. The molecule has 0 bridgehead atoms. The van der Waals surface area contributed by atoms with E-state index in [1.165, 1.54) is 22.7 Å². The van der Waals surface area contributed by atoms with Crippen LogP contribution in [0.4, 0.5) is 0 Å². The van der Waals surface area contributed by atoms with E-state index < -0.39 is 0 Å². The number of amides is 1. The van der Waals surface area contributed by atoms with Gasteiger partial charge in [-0.2, -0.15) is 5.10 Å². The molecule has 4 heterocycles. The Hall–Kier alpha value is -2.55. The van der Waals surface area contributed by atoms with Crippen molar-refractivity contribution in [2.24, 2.45) is 0 Å². The van der Waals surface area contributed by atoms with Crippen LogP contribution >= 0.6 is 34.3 Å². The Morgan fingerprint density at radius 2 is 2.11 bits per heavy atom. The number of aromatic nitrogens is 4. The first-order chi connectivity index (χ1) is 13.5. The van der Waals surface area contributed by atoms with Crippen LogP contribution in [0.15, 0.2) is 41.9 Å². The Bertz CT molecular complexity index is 1130. The summed E-state index contributed by atoms with van der Waals surface area (Å²) in [6.45, 7) is 4.31. The van der Waals surface area contributed by atoms with Gasteiger partial charge in [-0.05, 0) is 43.7 Å². The van der Waals surface area contributed by atoms with Crippen molar-refractivity contribution in [1.82, 2.24) is 25.1 Å². The number of carbonyl (C=O) groups is 1. The smallest absolute Gasteiger partial charge is 0.271 e. The second-order valence-electron chi connectivity index (χ2n) is 6.19. The van der Waals surface area contributed by atoms with Gasteiger partial charge in [-0.25, -0.2) is 14.6 Å². The molecule has 0 aliphatic heterocycles. The first-order valence-electron chi connectivity index (χ1n) is 8.47. The first kappa shape index (κ1) is 18.8. The summed E-state index contributed by atoms with van der Waals surface area (Å²) in [5, 5.41) is 9.85. The molecule has 0 radical (unpaired) electrons. The lowest BCUT2D eigenvalue weighted by Crippen LogP contribution is -2.23.